The molecule has 126 valence electrons. The summed E-state index contributed by atoms with van der Waals surface area (Å²) in [7, 11) is 0. The van der Waals surface area contributed by atoms with Crippen molar-refractivity contribution in [3.63, 3.8) is 0 Å². The van der Waals surface area contributed by atoms with E-state index in [0.717, 1.165) is 26.9 Å². The summed E-state index contributed by atoms with van der Waals surface area (Å²) in [6.45, 7) is 2.54. The van der Waals surface area contributed by atoms with Crippen molar-refractivity contribution in [1.82, 2.24) is 19.9 Å². The van der Waals surface area contributed by atoms with Crippen LogP contribution in [-0.2, 0) is 6.42 Å². The Morgan fingerprint density at radius 3 is 2.96 bits per heavy atom. The van der Waals surface area contributed by atoms with Crippen molar-refractivity contribution in [2.75, 3.05) is 6.54 Å². The number of nitrogens with one attached hydrogen (secondary N) is 1. The Kier molecular flexibility index (Phi) is 4.33. The quantitative estimate of drug-likeness (QED) is 0.583. The maximum absolute atomic E-state index is 12.2. The van der Waals surface area contributed by atoms with Crippen LogP contribution in [0.4, 0.5) is 0 Å². The molecule has 7 heteroatoms. The second kappa shape index (κ2) is 6.78. The fourth-order valence-corrected chi connectivity index (χ4v) is 4.11. The highest BCUT2D eigenvalue weighted by Gasteiger charge is 2.12. The van der Waals surface area contributed by atoms with Crippen LogP contribution in [0.3, 0.4) is 0 Å². The van der Waals surface area contributed by atoms with Crippen LogP contribution in [0.15, 0.2) is 47.2 Å². The molecule has 1 amide bonds. The number of hydrogen-bond acceptors (Lipinski definition) is 5. The van der Waals surface area contributed by atoms with Crippen LogP contribution in [0.1, 0.15) is 21.6 Å². The monoisotopic (exact) mass is 368 g/mol. The lowest BCUT2D eigenvalue weighted by Gasteiger charge is -2.05. The average Bonchev–Trinajstić information content (AvgIpc) is 3.32. The van der Waals surface area contributed by atoms with Crippen LogP contribution in [0, 0.1) is 6.92 Å². The topological polar surface area (TPSA) is 59.3 Å². The molecule has 1 N–H and O–H groups in total. The van der Waals surface area contributed by atoms with Crippen LogP contribution in [0.2, 0.25) is 0 Å². The molecular formula is C18H16N4OS2. The molecule has 0 saturated heterocycles. The largest absolute Gasteiger partial charge is 0.352 e. The van der Waals surface area contributed by atoms with E-state index in [2.05, 4.69) is 15.4 Å². The Bertz CT molecular complexity index is 1020. The minimum absolute atomic E-state index is 0.0481. The number of fused-ring (bicyclic) bond motifs is 1. The number of aromatic nitrogens is 3. The zero-order chi connectivity index (χ0) is 17.2. The van der Waals surface area contributed by atoms with E-state index in [0.29, 0.717) is 18.5 Å². The zero-order valence-electron chi connectivity index (χ0n) is 13.6. The van der Waals surface area contributed by atoms with Gasteiger partial charge in [-0.15, -0.1) is 27.8 Å². The molecule has 5 nitrogen and oxygen atoms in total. The Morgan fingerprint density at radius 1 is 1.24 bits per heavy atom. The van der Waals surface area contributed by atoms with E-state index in [1.807, 2.05) is 58.6 Å². The zero-order valence-corrected chi connectivity index (χ0v) is 15.2. The average molecular weight is 368 g/mol. The van der Waals surface area contributed by atoms with E-state index in [1.165, 1.54) is 0 Å². The number of carbonyl (C=O) groups is 1. The Labute approximate surface area is 153 Å². The lowest BCUT2D eigenvalue weighted by atomic mass is 10.1. The van der Waals surface area contributed by atoms with Gasteiger partial charge < -0.3 is 5.32 Å². The van der Waals surface area contributed by atoms with Gasteiger partial charge in [0, 0.05) is 23.9 Å². The molecule has 4 rings (SSSR count). The molecule has 4 aromatic rings. The Morgan fingerprint density at radius 2 is 2.16 bits per heavy atom. The first-order valence-electron chi connectivity index (χ1n) is 7.92. The number of thiazole rings is 1. The summed E-state index contributed by atoms with van der Waals surface area (Å²) >= 11 is 3.20. The van der Waals surface area contributed by atoms with Crippen molar-refractivity contribution in [3.05, 3.63) is 64.0 Å². The van der Waals surface area contributed by atoms with Crippen molar-refractivity contribution < 1.29 is 4.79 Å². The number of amides is 1. The first kappa shape index (κ1) is 16.0. The van der Waals surface area contributed by atoms with E-state index in [4.69, 9.17) is 0 Å². The molecule has 25 heavy (non-hydrogen) atoms. The van der Waals surface area contributed by atoms with Crippen LogP contribution in [-0.4, -0.2) is 27.0 Å². The lowest BCUT2D eigenvalue weighted by Crippen LogP contribution is -2.26. The third-order valence-corrected chi connectivity index (χ3v) is 5.57. The molecule has 0 atom stereocenters. The molecular weight excluding hydrogens is 352 g/mol. The first-order valence-corrected chi connectivity index (χ1v) is 9.68. The molecule has 3 aromatic heterocycles. The van der Waals surface area contributed by atoms with Crippen molar-refractivity contribution in [2.24, 2.45) is 0 Å². The summed E-state index contributed by atoms with van der Waals surface area (Å²) in [5, 5.41) is 11.6. The van der Waals surface area contributed by atoms with Gasteiger partial charge in [-0.1, -0.05) is 23.8 Å². The number of rotatable bonds is 5. The van der Waals surface area contributed by atoms with Crippen molar-refractivity contribution in [3.8, 4) is 10.7 Å². The van der Waals surface area contributed by atoms with Gasteiger partial charge in [0.05, 0.1) is 10.6 Å². The SMILES string of the molecule is Cc1cccc(C(=O)NCCc2csc3nc(-c4cccs4)nn23)c1. The molecule has 0 radical (unpaired) electrons. The predicted octanol–water partition coefficient (Wildman–Crippen LogP) is 3.80. The second-order valence-electron chi connectivity index (χ2n) is 5.71. The summed E-state index contributed by atoms with van der Waals surface area (Å²) in [4.78, 5) is 18.7. The van der Waals surface area contributed by atoms with E-state index in [9.17, 15) is 4.79 Å². The number of carbonyl (C=O) groups excluding carboxylic acids is 1. The van der Waals surface area contributed by atoms with E-state index < -0.39 is 0 Å². The maximum Gasteiger partial charge on any atom is 0.251 e. The Hall–Kier alpha value is -2.51. The van der Waals surface area contributed by atoms with Gasteiger partial charge in [-0.2, -0.15) is 4.98 Å². The van der Waals surface area contributed by atoms with Gasteiger partial charge >= 0.3 is 0 Å². The molecule has 0 aliphatic heterocycles. The van der Waals surface area contributed by atoms with Crippen LogP contribution in [0.5, 0.6) is 0 Å². The van der Waals surface area contributed by atoms with Gasteiger partial charge in [-0.3, -0.25) is 4.79 Å². The second-order valence-corrected chi connectivity index (χ2v) is 7.49. The third kappa shape index (κ3) is 3.33. The highest BCUT2D eigenvalue weighted by atomic mass is 32.1. The number of aryl methyl sites for hydroxylation is 1. The summed E-state index contributed by atoms with van der Waals surface area (Å²) in [6.07, 6.45) is 0.713. The minimum Gasteiger partial charge on any atom is -0.352 e. The number of thiophene rings is 1. The van der Waals surface area contributed by atoms with Crippen molar-refractivity contribution in [1.29, 1.82) is 0 Å². The summed E-state index contributed by atoms with van der Waals surface area (Å²) in [5.74, 6) is 0.708. The van der Waals surface area contributed by atoms with Gasteiger partial charge in [0.1, 0.15) is 0 Å². The van der Waals surface area contributed by atoms with E-state index >= 15 is 0 Å². The van der Waals surface area contributed by atoms with Gasteiger partial charge in [0.25, 0.3) is 5.91 Å². The number of hydrogen-bond donors (Lipinski definition) is 1. The van der Waals surface area contributed by atoms with Crippen LogP contribution in [0.25, 0.3) is 15.7 Å². The summed E-state index contributed by atoms with van der Waals surface area (Å²) in [6, 6.07) is 11.6. The van der Waals surface area contributed by atoms with Crippen LogP contribution >= 0.6 is 22.7 Å². The molecule has 0 spiro atoms. The molecule has 0 saturated carbocycles. The van der Waals surface area contributed by atoms with Crippen molar-refractivity contribution >= 4 is 33.5 Å². The van der Waals surface area contributed by atoms with Gasteiger partial charge in [-0.25, -0.2) is 4.52 Å². The Balaban J connectivity index is 1.43. The lowest BCUT2D eigenvalue weighted by molar-refractivity contribution is 0.0954. The highest BCUT2D eigenvalue weighted by molar-refractivity contribution is 7.15. The molecule has 1 aromatic carbocycles. The number of benzene rings is 1. The standard InChI is InChI=1S/C18H16N4OS2/c1-12-4-2-5-13(10-12)17(23)19-8-7-14-11-25-18-20-16(21-22(14)18)15-6-3-9-24-15/h2-6,9-11H,7-8H2,1H3,(H,19,23). The van der Waals surface area contributed by atoms with Crippen LogP contribution < -0.4 is 5.32 Å². The molecule has 0 unspecified atom stereocenters. The predicted molar refractivity (Wildman–Crippen MR) is 101 cm³/mol. The first-order chi connectivity index (χ1) is 12.2. The molecule has 3 heterocycles. The minimum atomic E-state index is -0.0481. The van der Waals surface area contributed by atoms with Crippen molar-refractivity contribution in [2.45, 2.75) is 13.3 Å². The number of nitrogens with zero attached hydrogens (tertiary/aromatic N) is 3. The highest BCUT2D eigenvalue weighted by Crippen LogP contribution is 2.24. The van der Waals surface area contributed by atoms with E-state index in [1.54, 1.807) is 22.7 Å². The van der Waals surface area contributed by atoms with Gasteiger partial charge in [-0.05, 0) is 30.5 Å². The molecule has 0 fully saturated rings. The van der Waals surface area contributed by atoms with Gasteiger partial charge in [0.15, 0.2) is 5.82 Å². The molecule has 0 aliphatic rings. The fourth-order valence-electron chi connectivity index (χ4n) is 2.60. The molecule has 0 aliphatic carbocycles. The smallest absolute Gasteiger partial charge is 0.251 e. The normalized spacial score (nSPS) is 11.1. The summed E-state index contributed by atoms with van der Waals surface area (Å²) in [5.41, 5.74) is 2.83. The third-order valence-electron chi connectivity index (χ3n) is 3.84. The molecule has 0 bridgehead atoms. The summed E-state index contributed by atoms with van der Waals surface area (Å²) < 4.78 is 1.87. The maximum atomic E-state index is 12.2. The van der Waals surface area contributed by atoms with E-state index in [-0.39, 0.29) is 5.91 Å². The van der Waals surface area contributed by atoms with Gasteiger partial charge in [0.2, 0.25) is 4.96 Å². The fraction of sp³-hybridized carbons (Fsp3) is 0.167.